The summed E-state index contributed by atoms with van der Waals surface area (Å²) in [6, 6.07) is 11.0. The molecule has 0 saturated heterocycles. The van der Waals surface area contributed by atoms with E-state index in [1.807, 2.05) is 31.2 Å². The molecule has 2 aromatic rings. The molecule has 1 heterocycles. The minimum atomic E-state index is -0.100. The largest absolute Gasteiger partial charge is 0.454 e. The third kappa shape index (κ3) is 3.46. The summed E-state index contributed by atoms with van der Waals surface area (Å²) in [4.78, 5) is 14.5. The molecule has 0 bridgehead atoms. The maximum absolute atomic E-state index is 12.8. The second-order valence-corrected chi connectivity index (χ2v) is 6.45. The number of rotatable bonds is 4. The molecule has 2 aromatic carbocycles. The minimum Gasteiger partial charge on any atom is -0.454 e. The number of hydrogen-bond acceptors (Lipinski definition) is 3. The Morgan fingerprint density at radius 3 is 2.78 bits per heavy atom. The highest BCUT2D eigenvalue weighted by atomic mass is 79.9. The molecular weight excluding hydrogens is 382 g/mol. The van der Waals surface area contributed by atoms with Crippen molar-refractivity contribution >= 4 is 33.4 Å². The molecule has 1 amide bonds. The first kappa shape index (κ1) is 16.1. The average molecular weight is 397 g/mol. The zero-order valence-electron chi connectivity index (χ0n) is 12.5. The van der Waals surface area contributed by atoms with Crippen molar-refractivity contribution in [1.82, 2.24) is 4.90 Å². The van der Waals surface area contributed by atoms with Crippen LogP contribution >= 0.6 is 27.5 Å². The van der Waals surface area contributed by atoms with E-state index in [1.54, 1.807) is 17.0 Å². The number of ether oxygens (including phenoxy) is 2. The van der Waals surface area contributed by atoms with Gasteiger partial charge in [-0.15, -0.1) is 0 Å². The van der Waals surface area contributed by atoms with Gasteiger partial charge in [0, 0.05) is 17.6 Å². The fourth-order valence-corrected chi connectivity index (χ4v) is 2.98. The monoisotopic (exact) mass is 395 g/mol. The molecule has 23 heavy (non-hydrogen) atoms. The molecule has 0 N–H and O–H groups in total. The van der Waals surface area contributed by atoms with Gasteiger partial charge in [0.2, 0.25) is 6.79 Å². The van der Waals surface area contributed by atoms with Crippen LogP contribution in [0.15, 0.2) is 40.9 Å². The van der Waals surface area contributed by atoms with E-state index in [0.717, 1.165) is 15.8 Å². The van der Waals surface area contributed by atoms with Crippen molar-refractivity contribution in [1.29, 1.82) is 0 Å². The Morgan fingerprint density at radius 2 is 2.00 bits per heavy atom. The number of halogens is 2. The number of carbonyl (C=O) groups excluding carboxylic acids is 1. The Kier molecular flexibility index (Phi) is 4.78. The lowest BCUT2D eigenvalue weighted by Gasteiger charge is -2.22. The second kappa shape index (κ2) is 6.81. The first-order valence-corrected chi connectivity index (χ1v) is 8.38. The van der Waals surface area contributed by atoms with Crippen LogP contribution in [0.4, 0.5) is 0 Å². The van der Waals surface area contributed by atoms with Crippen molar-refractivity contribution in [3.8, 4) is 11.5 Å². The van der Waals surface area contributed by atoms with Crippen LogP contribution in [0, 0.1) is 0 Å². The van der Waals surface area contributed by atoms with Crippen LogP contribution in [0.2, 0.25) is 5.02 Å². The van der Waals surface area contributed by atoms with Gasteiger partial charge in [0.1, 0.15) is 0 Å². The van der Waals surface area contributed by atoms with Crippen molar-refractivity contribution in [3.05, 3.63) is 57.0 Å². The van der Waals surface area contributed by atoms with Crippen LogP contribution in [0.3, 0.4) is 0 Å². The molecule has 120 valence electrons. The lowest BCUT2D eigenvalue weighted by atomic mass is 10.1. The SMILES string of the molecule is CCN(Cc1ccc2c(c1)OCO2)C(=O)c1cc(Br)ccc1Cl. The third-order valence-electron chi connectivity index (χ3n) is 3.64. The Hall–Kier alpha value is -1.72. The van der Waals surface area contributed by atoms with Gasteiger partial charge < -0.3 is 14.4 Å². The molecule has 0 saturated carbocycles. The highest BCUT2D eigenvalue weighted by Crippen LogP contribution is 2.33. The highest BCUT2D eigenvalue weighted by molar-refractivity contribution is 9.10. The topological polar surface area (TPSA) is 38.8 Å². The molecule has 0 fully saturated rings. The molecule has 4 nitrogen and oxygen atoms in total. The van der Waals surface area contributed by atoms with Gasteiger partial charge in [-0.3, -0.25) is 4.79 Å². The number of amides is 1. The van der Waals surface area contributed by atoms with Gasteiger partial charge in [0.15, 0.2) is 11.5 Å². The predicted octanol–water partition coefficient (Wildman–Crippen LogP) is 4.49. The molecule has 1 aliphatic heterocycles. The Morgan fingerprint density at radius 1 is 1.22 bits per heavy atom. The van der Waals surface area contributed by atoms with Gasteiger partial charge >= 0.3 is 0 Å². The quantitative estimate of drug-likeness (QED) is 0.764. The van der Waals surface area contributed by atoms with Crippen LogP contribution in [0.5, 0.6) is 11.5 Å². The molecular formula is C17H15BrClNO3. The van der Waals surface area contributed by atoms with Crippen molar-refractivity contribution in [2.24, 2.45) is 0 Å². The number of hydrogen-bond donors (Lipinski definition) is 0. The fourth-order valence-electron chi connectivity index (χ4n) is 2.42. The predicted molar refractivity (Wildman–Crippen MR) is 92.1 cm³/mol. The summed E-state index contributed by atoms with van der Waals surface area (Å²) in [5.74, 6) is 1.35. The smallest absolute Gasteiger partial charge is 0.255 e. The summed E-state index contributed by atoms with van der Waals surface area (Å²) in [7, 11) is 0. The van der Waals surface area contributed by atoms with E-state index in [2.05, 4.69) is 15.9 Å². The zero-order valence-corrected chi connectivity index (χ0v) is 14.9. The molecule has 0 unspecified atom stereocenters. The van der Waals surface area contributed by atoms with Crippen molar-refractivity contribution < 1.29 is 14.3 Å². The van der Waals surface area contributed by atoms with Gasteiger partial charge in [-0.2, -0.15) is 0 Å². The molecule has 0 radical (unpaired) electrons. The molecule has 0 aliphatic carbocycles. The summed E-state index contributed by atoms with van der Waals surface area (Å²) < 4.78 is 11.5. The number of nitrogens with zero attached hydrogens (tertiary/aromatic N) is 1. The van der Waals surface area contributed by atoms with E-state index in [-0.39, 0.29) is 12.7 Å². The van der Waals surface area contributed by atoms with Crippen LogP contribution in [-0.4, -0.2) is 24.1 Å². The van der Waals surface area contributed by atoms with E-state index in [1.165, 1.54) is 0 Å². The van der Waals surface area contributed by atoms with Crippen LogP contribution in [0.1, 0.15) is 22.8 Å². The van der Waals surface area contributed by atoms with E-state index in [4.69, 9.17) is 21.1 Å². The highest BCUT2D eigenvalue weighted by Gasteiger charge is 2.19. The van der Waals surface area contributed by atoms with Crippen LogP contribution in [0.25, 0.3) is 0 Å². The molecule has 0 spiro atoms. The van der Waals surface area contributed by atoms with Gasteiger partial charge in [-0.25, -0.2) is 0 Å². The maximum Gasteiger partial charge on any atom is 0.255 e. The Balaban J connectivity index is 1.82. The Bertz CT molecular complexity index is 751. The lowest BCUT2D eigenvalue weighted by Crippen LogP contribution is -2.30. The van der Waals surface area contributed by atoms with Gasteiger partial charge in [0.25, 0.3) is 5.91 Å². The summed E-state index contributed by atoms with van der Waals surface area (Å²) >= 11 is 9.54. The Labute approximate surface area is 148 Å². The zero-order chi connectivity index (χ0) is 16.4. The average Bonchev–Trinajstić information content (AvgIpc) is 3.02. The normalized spacial score (nSPS) is 12.3. The van der Waals surface area contributed by atoms with E-state index in [9.17, 15) is 4.79 Å². The molecule has 1 aliphatic rings. The van der Waals surface area contributed by atoms with Crippen LogP contribution < -0.4 is 9.47 Å². The van der Waals surface area contributed by atoms with Gasteiger partial charge in [-0.05, 0) is 42.8 Å². The van der Waals surface area contributed by atoms with E-state index in [0.29, 0.717) is 29.4 Å². The first-order valence-electron chi connectivity index (χ1n) is 7.21. The standard InChI is InChI=1S/C17H15BrClNO3/c1-2-20(17(21)13-8-12(18)4-5-14(13)19)9-11-3-6-15-16(7-11)23-10-22-15/h3-8H,2,9-10H2,1H3. The summed E-state index contributed by atoms with van der Waals surface area (Å²) in [5.41, 5.74) is 1.47. The first-order chi connectivity index (χ1) is 11.1. The molecule has 3 rings (SSSR count). The lowest BCUT2D eigenvalue weighted by molar-refractivity contribution is 0.0752. The third-order valence-corrected chi connectivity index (χ3v) is 4.46. The van der Waals surface area contributed by atoms with E-state index >= 15 is 0 Å². The van der Waals surface area contributed by atoms with Gasteiger partial charge in [0.05, 0.1) is 10.6 Å². The number of carbonyl (C=O) groups is 1. The summed E-state index contributed by atoms with van der Waals surface area (Å²) in [6.07, 6.45) is 0. The molecule has 0 aromatic heterocycles. The van der Waals surface area contributed by atoms with Crippen molar-refractivity contribution in [2.75, 3.05) is 13.3 Å². The maximum atomic E-state index is 12.8. The second-order valence-electron chi connectivity index (χ2n) is 5.13. The fraction of sp³-hybridized carbons (Fsp3) is 0.235. The number of fused-ring (bicyclic) bond motifs is 1. The summed E-state index contributed by atoms with van der Waals surface area (Å²) in [5, 5.41) is 0.447. The van der Waals surface area contributed by atoms with E-state index < -0.39 is 0 Å². The number of benzene rings is 2. The summed E-state index contributed by atoms with van der Waals surface area (Å²) in [6.45, 7) is 3.24. The van der Waals surface area contributed by atoms with Crippen molar-refractivity contribution in [2.45, 2.75) is 13.5 Å². The van der Waals surface area contributed by atoms with Crippen LogP contribution in [-0.2, 0) is 6.54 Å². The molecule has 0 atom stereocenters. The van der Waals surface area contributed by atoms with Crippen molar-refractivity contribution in [3.63, 3.8) is 0 Å². The minimum absolute atomic E-state index is 0.100. The van der Waals surface area contributed by atoms with Gasteiger partial charge in [-0.1, -0.05) is 33.6 Å². The molecule has 6 heteroatoms.